The van der Waals surface area contributed by atoms with Crippen LogP contribution in [0.3, 0.4) is 0 Å². The average Bonchev–Trinajstić information content (AvgIpc) is 3.34. The molecule has 2 aromatic rings. The van der Waals surface area contributed by atoms with Gasteiger partial charge in [-0.1, -0.05) is 0 Å². The van der Waals surface area contributed by atoms with E-state index in [9.17, 15) is 14.2 Å². The standard InChI is InChI=1S/C25H42N5O12P/c1-8-35-19(10-34-7)36-11-25(5,6)23(31)37-14-40-43(33,41-15-38-24(32)42-17(2)3)16-39-18(4)9-30-13-29-20-21(26)27-12-28-22(20)30/h12-13,17-19H,8-11,14-16H2,1-7H3,(H2,26,27,28)/t18-,19?,43?/m1/s1. The molecule has 0 spiro atoms. The van der Waals surface area contributed by atoms with Crippen molar-refractivity contribution in [2.24, 2.45) is 5.41 Å². The number of esters is 1. The first-order valence-corrected chi connectivity index (χ1v) is 15.2. The third-order valence-corrected chi connectivity index (χ3v) is 6.90. The number of anilines is 1. The van der Waals surface area contributed by atoms with Gasteiger partial charge >= 0.3 is 19.7 Å². The third kappa shape index (κ3) is 12.3. The van der Waals surface area contributed by atoms with E-state index in [1.54, 1.807) is 46.1 Å². The minimum absolute atomic E-state index is 0.0556. The number of aromatic nitrogens is 4. The van der Waals surface area contributed by atoms with Crippen LogP contribution in [-0.2, 0) is 58.1 Å². The van der Waals surface area contributed by atoms with Crippen molar-refractivity contribution in [1.29, 1.82) is 0 Å². The molecule has 2 N–H and O–H groups in total. The molecule has 0 saturated carbocycles. The predicted molar refractivity (Wildman–Crippen MR) is 150 cm³/mol. The van der Waals surface area contributed by atoms with Crippen LogP contribution in [0.25, 0.3) is 11.2 Å². The van der Waals surface area contributed by atoms with Gasteiger partial charge in [-0.3, -0.25) is 18.4 Å². The number of hydrogen-bond donors (Lipinski definition) is 1. The maximum Gasteiger partial charge on any atom is 0.510 e. The number of nitrogens with zero attached hydrogens (tertiary/aromatic N) is 4. The molecular formula is C25H42N5O12P. The van der Waals surface area contributed by atoms with Crippen LogP contribution in [-0.4, -0.2) is 97.0 Å². The first-order chi connectivity index (χ1) is 20.3. The summed E-state index contributed by atoms with van der Waals surface area (Å²) in [6, 6.07) is 0. The summed E-state index contributed by atoms with van der Waals surface area (Å²) in [5, 5.41) is 0. The van der Waals surface area contributed by atoms with Crippen LogP contribution in [0.5, 0.6) is 0 Å². The first kappa shape index (κ1) is 36.3. The molecule has 2 heterocycles. The van der Waals surface area contributed by atoms with Crippen molar-refractivity contribution in [3.05, 3.63) is 12.7 Å². The molecular weight excluding hydrogens is 593 g/mol. The van der Waals surface area contributed by atoms with Crippen molar-refractivity contribution in [3.8, 4) is 0 Å². The Morgan fingerprint density at radius 2 is 1.74 bits per heavy atom. The highest BCUT2D eigenvalue weighted by molar-refractivity contribution is 7.53. The van der Waals surface area contributed by atoms with Gasteiger partial charge < -0.3 is 43.5 Å². The number of nitrogens with two attached hydrogens (primary N) is 1. The van der Waals surface area contributed by atoms with E-state index < -0.39 is 63.6 Å². The van der Waals surface area contributed by atoms with Gasteiger partial charge in [0.15, 0.2) is 17.8 Å². The zero-order valence-electron chi connectivity index (χ0n) is 25.5. The average molecular weight is 636 g/mol. The Hall–Kier alpha value is -2.92. The Morgan fingerprint density at radius 1 is 1.05 bits per heavy atom. The van der Waals surface area contributed by atoms with Gasteiger partial charge in [0.05, 0.1) is 43.7 Å². The van der Waals surface area contributed by atoms with Gasteiger partial charge in [-0.25, -0.2) is 19.7 Å². The molecule has 2 unspecified atom stereocenters. The molecule has 17 nitrogen and oxygen atoms in total. The van der Waals surface area contributed by atoms with E-state index in [0.29, 0.717) is 17.8 Å². The van der Waals surface area contributed by atoms with E-state index >= 15 is 0 Å². The maximum atomic E-state index is 13.5. The number of hydrogen-bond acceptors (Lipinski definition) is 16. The van der Waals surface area contributed by atoms with Gasteiger partial charge in [0.1, 0.15) is 18.2 Å². The lowest BCUT2D eigenvalue weighted by Crippen LogP contribution is -2.35. The fourth-order valence-corrected chi connectivity index (χ4v) is 4.34. The van der Waals surface area contributed by atoms with Gasteiger partial charge in [-0.2, -0.15) is 0 Å². The number of imidazole rings is 1. The highest BCUT2D eigenvalue weighted by atomic mass is 31.2. The monoisotopic (exact) mass is 635 g/mol. The minimum atomic E-state index is -4.14. The van der Waals surface area contributed by atoms with Crippen LogP contribution in [0.4, 0.5) is 10.6 Å². The number of rotatable bonds is 20. The second kappa shape index (κ2) is 17.4. The summed E-state index contributed by atoms with van der Waals surface area (Å²) in [7, 11) is -2.64. The fraction of sp³-hybridized carbons (Fsp3) is 0.720. The molecule has 0 saturated heterocycles. The van der Waals surface area contributed by atoms with Crippen LogP contribution in [0, 0.1) is 5.41 Å². The maximum absolute atomic E-state index is 13.5. The molecule has 18 heteroatoms. The van der Waals surface area contributed by atoms with Crippen LogP contribution >= 0.6 is 7.60 Å². The molecule has 0 aliphatic carbocycles. The van der Waals surface area contributed by atoms with E-state index in [0.717, 1.165) is 0 Å². The Kier molecular flexibility index (Phi) is 14.7. The predicted octanol–water partition coefficient (Wildman–Crippen LogP) is 3.07. The lowest BCUT2D eigenvalue weighted by atomic mass is 9.95. The largest absolute Gasteiger partial charge is 0.510 e. The van der Waals surface area contributed by atoms with Gasteiger partial charge in [0.25, 0.3) is 0 Å². The van der Waals surface area contributed by atoms with Gasteiger partial charge in [0.2, 0.25) is 13.6 Å². The Balaban J connectivity index is 1.98. The van der Waals surface area contributed by atoms with Crippen molar-refractivity contribution in [3.63, 3.8) is 0 Å². The van der Waals surface area contributed by atoms with Gasteiger partial charge in [-0.15, -0.1) is 0 Å². The lowest BCUT2D eigenvalue weighted by Gasteiger charge is -2.26. The Bertz CT molecular complexity index is 1200. The van der Waals surface area contributed by atoms with Crippen molar-refractivity contribution >= 4 is 36.7 Å². The molecule has 244 valence electrons. The molecule has 2 rings (SSSR count). The summed E-state index contributed by atoms with van der Waals surface area (Å²) in [6.07, 6.45) is -0.429. The number of nitrogen functional groups attached to an aromatic ring is 1. The molecule has 0 bridgehead atoms. The molecule has 3 atom stereocenters. The number of ether oxygens (including phenoxy) is 7. The summed E-state index contributed by atoms with van der Waals surface area (Å²) in [5.74, 6) is -0.473. The molecule has 2 aromatic heterocycles. The van der Waals surface area contributed by atoms with Gasteiger partial charge in [0, 0.05) is 13.7 Å². The number of methoxy groups -OCH3 is 1. The molecule has 0 aliphatic rings. The second-order valence-corrected chi connectivity index (χ2v) is 12.1. The quantitative estimate of drug-likeness (QED) is 0.126. The first-order valence-electron chi connectivity index (χ1n) is 13.4. The summed E-state index contributed by atoms with van der Waals surface area (Å²) < 4.78 is 62.4. The van der Waals surface area contributed by atoms with Crippen LogP contribution in [0.15, 0.2) is 12.7 Å². The second-order valence-electron chi connectivity index (χ2n) is 10.1. The Labute approximate surface area is 250 Å². The summed E-state index contributed by atoms with van der Waals surface area (Å²) in [4.78, 5) is 36.7. The van der Waals surface area contributed by atoms with Crippen molar-refractivity contribution in [2.75, 3.05) is 52.6 Å². The van der Waals surface area contributed by atoms with Crippen LogP contribution in [0.2, 0.25) is 0 Å². The molecule has 43 heavy (non-hydrogen) atoms. The van der Waals surface area contributed by atoms with E-state index in [1.165, 1.54) is 19.8 Å². The normalized spacial score (nSPS) is 14.8. The van der Waals surface area contributed by atoms with Crippen LogP contribution < -0.4 is 5.73 Å². The topological polar surface area (TPSA) is 204 Å². The SMILES string of the molecule is CCOC(COC)OCC(C)(C)C(=O)OCOP(=O)(CO[C@H](C)Cn1cnc2c(N)ncnc21)OCOC(=O)OC(C)C. The van der Waals surface area contributed by atoms with Gasteiger partial charge in [-0.05, 0) is 41.5 Å². The lowest BCUT2D eigenvalue weighted by molar-refractivity contribution is -0.191. The fourth-order valence-electron chi connectivity index (χ4n) is 3.26. The third-order valence-electron chi connectivity index (χ3n) is 5.44. The highest BCUT2D eigenvalue weighted by Gasteiger charge is 2.33. The van der Waals surface area contributed by atoms with Crippen molar-refractivity contribution < 1.29 is 56.4 Å². The summed E-state index contributed by atoms with van der Waals surface area (Å²) in [5.41, 5.74) is 5.63. The van der Waals surface area contributed by atoms with Crippen molar-refractivity contribution in [1.82, 2.24) is 19.5 Å². The zero-order chi connectivity index (χ0) is 32.0. The van der Waals surface area contributed by atoms with E-state index in [4.69, 9.17) is 47.9 Å². The minimum Gasteiger partial charge on any atom is -0.437 e. The zero-order valence-corrected chi connectivity index (χ0v) is 26.4. The highest BCUT2D eigenvalue weighted by Crippen LogP contribution is 2.48. The van der Waals surface area contributed by atoms with Crippen LogP contribution in [0.1, 0.15) is 41.5 Å². The molecule has 0 aliphatic heterocycles. The number of carbonyl (C=O) groups is 2. The number of carbonyl (C=O) groups excluding carboxylic acids is 2. The van der Waals surface area contributed by atoms with E-state index in [-0.39, 0.29) is 25.6 Å². The molecule has 0 amide bonds. The molecule has 0 radical (unpaired) electrons. The summed E-state index contributed by atoms with van der Waals surface area (Å²) in [6.45, 7) is 9.20. The Morgan fingerprint density at radius 3 is 2.40 bits per heavy atom. The van der Waals surface area contributed by atoms with Crippen molar-refractivity contribution in [2.45, 2.75) is 66.6 Å². The number of fused-ring (bicyclic) bond motifs is 1. The summed E-state index contributed by atoms with van der Waals surface area (Å²) >= 11 is 0. The van der Waals surface area contributed by atoms with E-state index in [2.05, 4.69) is 15.0 Å². The molecule has 0 aromatic carbocycles. The molecule has 0 fully saturated rings. The smallest absolute Gasteiger partial charge is 0.437 e. The van der Waals surface area contributed by atoms with E-state index in [1.807, 2.05) is 0 Å².